The lowest BCUT2D eigenvalue weighted by molar-refractivity contribution is -0.0927. The van der Waals surface area contributed by atoms with E-state index in [4.69, 9.17) is 14.6 Å². The Morgan fingerprint density at radius 1 is 1.60 bits per heavy atom. The third-order valence-electron chi connectivity index (χ3n) is 1.52. The van der Waals surface area contributed by atoms with Crippen molar-refractivity contribution in [2.75, 3.05) is 13.2 Å². The van der Waals surface area contributed by atoms with E-state index in [1.54, 1.807) is 0 Å². The van der Waals surface area contributed by atoms with Gasteiger partial charge in [-0.1, -0.05) is 13.8 Å². The molecule has 1 rings (SSSR count). The Morgan fingerprint density at radius 3 is 2.60 bits per heavy atom. The largest absolute Gasteiger partial charge is 0.394 e. The quantitative estimate of drug-likeness (QED) is 0.612. The van der Waals surface area contributed by atoms with Gasteiger partial charge in [0.1, 0.15) is 6.10 Å². The van der Waals surface area contributed by atoms with E-state index in [2.05, 4.69) is 0 Å². The minimum atomic E-state index is -0.114. The fraction of sp³-hybridized carbons (Fsp3) is 1.00. The summed E-state index contributed by atoms with van der Waals surface area (Å²) in [6, 6.07) is 0. The first kappa shape index (κ1) is 7.98. The molecule has 1 N–H and O–H groups in total. The summed E-state index contributed by atoms with van der Waals surface area (Å²) in [5.74, 6) is 0.372. The predicted octanol–water partition coefficient (Wildman–Crippen LogP) is 0.376. The van der Waals surface area contributed by atoms with Crippen LogP contribution in [0.5, 0.6) is 0 Å². The van der Waals surface area contributed by atoms with E-state index in [0.717, 1.165) is 0 Å². The highest BCUT2D eigenvalue weighted by Crippen LogP contribution is 2.17. The van der Waals surface area contributed by atoms with Crippen LogP contribution in [0.3, 0.4) is 0 Å². The van der Waals surface area contributed by atoms with Gasteiger partial charge in [0.25, 0.3) is 0 Å². The molecule has 1 fully saturated rings. The molecule has 1 heterocycles. The number of hydrogen-bond acceptors (Lipinski definition) is 3. The normalized spacial score (nSPS) is 33.6. The zero-order valence-electron chi connectivity index (χ0n) is 6.41. The van der Waals surface area contributed by atoms with Crippen LogP contribution in [-0.2, 0) is 9.47 Å². The summed E-state index contributed by atoms with van der Waals surface area (Å²) >= 11 is 0. The highest BCUT2D eigenvalue weighted by Gasteiger charge is 2.27. The number of hydrogen-bond donors (Lipinski definition) is 1. The molecule has 1 aliphatic rings. The van der Waals surface area contributed by atoms with Crippen molar-refractivity contribution in [1.29, 1.82) is 0 Å². The SMILES string of the molecule is CC(C)[C@H]1OC[C@@H](CO)O1. The Kier molecular flexibility index (Phi) is 2.65. The van der Waals surface area contributed by atoms with Crippen LogP contribution < -0.4 is 0 Å². The molecule has 3 heteroatoms. The molecule has 0 aromatic rings. The van der Waals surface area contributed by atoms with Crippen LogP contribution in [0.25, 0.3) is 0 Å². The van der Waals surface area contributed by atoms with Crippen LogP contribution in [0.15, 0.2) is 0 Å². The van der Waals surface area contributed by atoms with E-state index in [1.165, 1.54) is 0 Å². The maximum atomic E-state index is 8.66. The van der Waals surface area contributed by atoms with Gasteiger partial charge < -0.3 is 14.6 Å². The second-order valence-electron chi connectivity index (χ2n) is 2.89. The molecular weight excluding hydrogens is 132 g/mol. The summed E-state index contributed by atoms with van der Waals surface area (Å²) in [5.41, 5.74) is 0. The lowest BCUT2D eigenvalue weighted by atomic mass is 10.2. The number of ether oxygens (including phenoxy) is 2. The van der Waals surface area contributed by atoms with Crippen molar-refractivity contribution >= 4 is 0 Å². The molecule has 10 heavy (non-hydrogen) atoms. The Balaban J connectivity index is 2.28. The summed E-state index contributed by atoms with van der Waals surface area (Å²) < 4.78 is 10.5. The van der Waals surface area contributed by atoms with Crippen LogP contribution in [0.4, 0.5) is 0 Å². The van der Waals surface area contributed by atoms with E-state index >= 15 is 0 Å². The van der Waals surface area contributed by atoms with Crippen molar-refractivity contribution in [2.45, 2.75) is 26.2 Å². The molecule has 0 bridgehead atoms. The van der Waals surface area contributed by atoms with Gasteiger partial charge in [-0.25, -0.2) is 0 Å². The van der Waals surface area contributed by atoms with Crippen LogP contribution in [0.2, 0.25) is 0 Å². The van der Waals surface area contributed by atoms with Crippen molar-refractivity contribution in [3.8, 4) is 0 Å². The smallest absolute Gasteiger partial charge is 0.160 e. The van der Waals surface area contributed by atoms with Crippen molar-refractivity contribution in [1.82, 2.24) is 0 Å². The van der Waals surface area contributed by atoms with Crippen LogP contribution in [-0.4, -0.2) is 30.7 Å². The Morgan fingerprint density at radius 2 is 2.30 bits per heavy atom. The molecule has 0 radical (unpaired) electrons. The first-order valence-corrected chi connectivity index (χ1v) is 3.62. The van der Waals surface area contributed by atoms with Gasteiger partial charge in [0.05, 0.1) is 13.2 Å². The molecule has 0 amide bonds. The number of aliphatic hydroxyl groups is 1. The standard InChI is InChI=1S/C7H14O3/c1-5(2)7-9-4-6(3-8)10-7/h5-8H,3-4H2,1-2H3/t6-,7+/m1/s1. The summed E-state index contributed by atoms with van der Waals surface area (Å²) in [5, 5.41) is 8.66. The maximum Gasteiger partial charge on any atom is 0.160 e. The molecular formula is C7H14O3. The zero-order valence-corrected chi connectivity index (χ0v) is 6.41. The highest BCUT2D eigenvalue weighted by molar-refractivity contribution is 4.65. The third kappa shape index (κ3) is 1.68. The molecule has 0 aromatic carbocycles. The van der Waals surface area contributed by atoms with Gasteiger partial charge >= 0.3 is 0 Å². The fourth-order valence-electron chi connectivity index (χ4n) is 0.916. The summed E-state index contributed by atoms with van der Waals surface area (Å²) in [7, 11) is 0. The maximum absolute atomic E-state index is 8.66. The van der Waals surface area contributed by atoms with Gasteiger partial charge in [-0.3, -0.25) is 0 Å². The molecule has 1 saturated heterocycles. The van der Waals surface area contributed by atoms with Crippen molar-refractivity contribution in [3.05, 3.63) is 0 Å². The minimum Gasteiger partial charge on any atom is -0.394 e. The molecule has 0 spiro atoms. The topological polar surface area (TPSA) is 38.7 Å². The van der Waals surface area contributed by atoms with Gasteiger partial charge in [-0.2, -0.15) is 0 Å². The predicted molar refractivity (Wildman–Crippen MR) is 36.5 cm³/mol. The Bertz CT molecular complexity index is 103. The number of aliphatic hydroxyl groups excluding tert-OH is 1. The molecule has 0 unspecified atom stereocenters. The highest BCUT2D eigenvalue weighted by atomic mass is 16.7. The summed E-state index contributed by atoms with van der Waals surface area (Å²) in [4.78, 5) is 0. The second-order valence-corrected chi connectivity index (χ2v) is 2.89. The Hall–Kier alpha value is -0.120. The van der Waals surface area contributed by atoms with E-state index in [1.807, 2.05) is 13.8 Å². The Labute approximate surface area is 60.9 Å². The molecule has 0 aliphatic carbocycles. The lowest BCUT2D eigenvalue weighted by Crippen LogP contribution is -2.19. The zero-order chi connectivity index (χ0) is 7.56. The van der Waals surface area contributed by atoms with E-state index in [9.17, 15) is 0 Å². The molecule has 1 aliphatic heterocycles. The van der Waals surface area contributed by atoms with Crippen LogP contribution >= 0.6 is 0 Å². The average molecular weight is 146 g/mol. The minimum absolute atomic E-state index is 0.0587. The monoisotopic (exact) mass is 146 g/mol. The molecule has 3 nitrogen and oxygen atoms in total. The van der Waals surface area contributed by atoms with Crippen molar-refractivity contribution in [2.24, 2.45) is 5.92 Å². The molecule has 60 valence electrons. The van der Waals surface area contributed by atoms with Gasteiger partial charge in [-0.05, 0) is 0 Å². The van der Waals surface area contributed by atoms with E-state index in [-0.39, 0.29) is 19.0 Å². The first-order valence-electron chi connectivity index (χ1n) is 3.62. The van der Waals surface area contributed by atoms with Crippen LogP contribution in [0.1, 0.15) is 13.8 Å². The van der Waals surface area contributed by atoms with Crippen molar-refractivity contribution in [3.63, 3.8) is 0 Å². The fourth-order valence-corrected chi connectivity index (χ4v) is 0.916. The number of rotatable bonds is 2. The van der Waals surface area contributed by atoms with Gasteiger partial charge in [0.2, 0.25) is 0 Å². The summed E-state index contributed by atoms with van der Waals surface area (Å²) in [6.45, 7) is 4.65. The first-order chi connectivity index (χ1) is 4.74. The van der Waals surface area contributed by atoms with Crippen LogP contribution in [0, 0.1) is 5.92 Å². The van der Waals surface area contributed by atoms with Gasteiger partial charge in [0.15, 0.2) is 6.29 Å². The van der Waals surface area contributed by atoms with Gasteiger partial charge in [-0.15, -0.1) is 0 Å². The lowest BCUT2D eigenvalue weighted by Gasteiger charge is -2.12. The third-order valence-corrected chi connectivity index (χ3v) is 1.52. The van der Waals surface area contributed by atoms with E-state index < -0.39 is 0 Å². The average Bonchev–Trinajstić information content (AvgIpc) is 2.34. The molecule has 2 atom stereocenters. The van der Waals surface area contributed by atoms with Gasteiger partial charge in [0, 0.05) is 5.92 Å². The molecule has 0 aromatic heterocycles. The second kappa shape index (κ2) is 3.32. The van der Waals surface area contributed by atoms with E-state index in [0.29, 0.717) is 12.5 Å². The summed E-state index contributed by atoms with van der Waals surface area (Å²) in [6.07, 6.45) is -0.218. The molecule has 0 saturated carbocycles. The van der Waals surface area contributed by atoms with Crippen molar-refractivity contribution < 1.29 is 14.6 Å².